The van der Waals surface area contributed by atoms with Crippen molar-refractivity contribution in [3.05, 3.63) is 20.7 Å². The molecule has 0 atom stereocenters. The lowest BCUT2D eigenvalue weighted by atomic mass is 10.3. The van der Waals surface area contributed by atoms with Gasteiger partial charge in [0.05, 0.1) is 0 Å². The second-order valence-electron chi connectivity index (χ2n) is 3.05. The fraction of sp³-hybridized carbons (Fsp3) is 0.500. The normalized spacial score (nSPS) is 10.3. The molecule has 1 aromatic rings. The number of carbonyl (C=O) groups is 1. The van der Waals surface area contributed by atoms with Crippen LogP contribution in [-0.4, -0.2) is 31.6 Å². The van der Waals surface area contributed by atoms with Crippen molar-refractivity contribution in [3.63, 3.8) is 0 Å². The van der Waals surface area contributed by atoms with Gasteiger partial charge in [0, 0.05) is 19.2 Å². The Morgan fingerprint density at radius 1 is 1.56 bits per heavy atom. The minimum atomic E-state index is -0.857. The van der Waals surface area contributed by atoms with Gasteiger partial charge in [-0.1, -0.05) is 11.8 Å². The van der Waals surface area contributed by atoms with E-state index in [4.69, 9.17) is 5.11 Å². The molecule has 0 radical (unpaired) electrons. The molecule has 7 nitrogen and oxygen atoms in total. The number of aliphatic carboxylic acids is 1. The summed E-state index contributed by atoms with van der Waals surface area (Å²) in [4.78, 5) is 35.6. The molecule has 88 valence electrons. The maximum atomic E-state index is 11.0. The molecule has 0 aliphatic heterocycles. The van der Waals surface area contributed by atoms with Crippen molar-refractivity contribution in [2.75, 3.05) is 5.75 Å². The van der Waals surface area contributed by atoms with E-state index >= 15 is 0 Å². The first kappa shape index (κ1) is 12.5. The maximum Gasteiger partial charge on any atom is 0.339 e. The van der Waals surface area contributed by atoms with Gasteiger partial charge in [0.2, 0.25) is 0 Å². The summed E-state index contributed by atoms with van der Waals surface area (Å²) in [5, 5.41) is 11.1. The molecule has 0 aliphatic carbocycles. The molecule has 1 aromatic heterocycles. The van der Waals surface area contributed by atoms with Crippen LogP contribution in [0.25, 0.3) is 0 Å². The number of nitrogens with zero attached hydrogens (tertiary/aromatic N) is 2. The van der Waals surface area contributed by atoms with E-state index in [1.165, 1.54) is 16.4 Å². The SMILES string of the molecule is Cn1[nH]c(=O)c(=O)nc1SCCCC(=O)O. The predicted octanol–water partition coefficient (Wildman–Crippen LogP) is -0.575. The maximum absolute atomic E-state index is 11.0. The summed E-state index contributed by atoms with van der Waals surface area (Å²) in [6.07, 6.45) is 0.555. The largest absolute Gasteiger partial charge is 0.481 e. The van der Waals surface area contributed by atoms with Gasteiger partial charge >= 0.3 is 17.1 Å². The summed E-state index contributed by atoms with van der Waals surface area (Å²) in [7, 11) is 1.56. The molecule has 0 spiro atoms. The van der Waals surface area contributed by atoms with E-state index in [0.29, 0.717) is 17.3 Å². The van der Waals surface area contributed by atoms with Gasteiger partial charge in [-0.25, -0.2) is 0 Å². The van der Waals surface area contributed by atoms with Crippen LogP contribution in [0.2, 0.25) is 0 Å². The molecule has 0 aliphatic rings. The Bertz CT molecular complexity index is 493. The topological polar surface area (TPSA) is 105 Å². The fourth-order valence-electron chi connectivity index (χ4n) is 0.977. The van der Waals surface area contributed by atoms with Crippen molar-refractivity contribution in [1.82, 2.24) is 14.8 Å². The number of aromatic amines is 1. The van der Waals surface area contributed by atoms with Gasteiger partial charge in [0.25, 0.3) is 0 Å². The second kappa shape index (κ2) is 5.50. The Morgan fingerprint density at radius 3 is 2.88 bits per heavy atom. The van der Waals surface area contributed by atoms with Gasteiger partial charge in [0.1, 0.15) is 0 Å². The van der Waals surface area contributed by atoms with Crippen molar-refractivity contribution in [1.29, 1.82) is 0 Å². The third-order valence-corrected chi connectivity index (χ3v) is 2.83. The van der Waals surface area contributed by atoms with Crippen LogP contribution in [0, 0.1) is 0 Å². The molecule has 16 heavy (non-hydrogen) atoms. The van der Waals surface area contributed by atoms with Crippen molar-refractivity contribution < 1.29 is 9.90 Å². The predicted molar refractivity (Wildman–Crippen MR) is 57.7 cm³/mol. The Balaban J connectivity index is 2.61. The van der Waals surface area contributed by atoms with E-state index in [1.807, 2.05) is 0 Å². The smallest absolute Gasteiger partial charge is 0.339 e. The van der Waals surface area contributed by atoms with E-state index in [1.54, 1.807) is 7.05 Å². The first-order valence-corrected chi connectivity index (χ1v) is 5.51. The average molecular weight is 245 g/mol. The van der Waals surface area contributed by atoms with Crippen LogP contribution in [0.4, 0.5) is 0 Å². The third kappa shape index (κ3) is 3.54. The van der Waals surface area contributed by atoms with Gasteiger partial charge in [-0.05, 0) is 6.42 Å². The number of carboxylic acid groups (broad SMARTS) is 1. The molecule has 8 heteroatoms. The highest BCUT2D eigenvalue weighted by atomic mass is 32.2. The standard InChI is InChI=1S/C8H11N3O4S/c1-11-8(9-6(14)7(15)10-11)16-4-2-3-5(12)13/h2-4H2,1H3,(H,10,15)(H,12,13). The number of thioether (sulfide) groups is 1. The Morgan fingerprint density at radius 2 is 2.25 bits per heavy atom. The summed E-state index contributed by atoms with van der Waals surface area (Å²) in [5.41, 5.74) is -1.60. The zero-order valence-corrected chi connectivity index (χ0v) is 9.41. The van der Waals surface area contributed by atoms with E-state index < -0.39 is 17.1 Å². The molecule has 1 rings (SSSR count). The third-order valence-electron chi connectivity index (χ3n) is 1.71. The van der Waals surface area contributed by atoms with Crippen LogP contribution >= 0.6 is 11.8 Å². The highest BCUT2D eigenvalue weighted by molar-refractivity contribution is 7.99. The minimum absolute atomic E-state index is 0.0737. The summed E-state index contributed by atoms with van der Waals surface area (Å²) in [6, 6.07) is 0. The van der Waals surface area contributed by atoms with Crippen LogP contribution in [-0.2, 0) is 11.8 Å². The minimum Gasteiger partial charge on any atom is -0.481 e. The average Bonchev–Trinajstić information content (AvgIpc) is 2.19. The summed E-state index contributed by atoms with van der Waals surface area (Å²) in [5.74, 6) is -0.331. The van der Waals surface area contributed by atoms with Crippen molar-refractivity contribution >= 4 is 17.7 Å². The number of rotatable bonds is 5. The van der Waals surface area contributed by atoms with Crippen molar-refractivity contribution in [2.24, 2.45) is 7.05 Å². The molecular weight excluding hydrogens is 234 g/mol. The first-order chi connectivity index (χ1) is 7.50. The molecule has 0 saturated heterocycles. The molecule has 0 unspecified atom stereocenters. The van der Waals surface area contributed by atoms with Crippen LogP contribution in [0.15, 0.2) is 14.7 Å². The van der Waals surface area contributed by atoms with E-state index in [2.05, 4.69) is 10.1 Å². The molecule has 0 amide bonds. The monoisotopic (exact) mass is 245 g/mol. The van der Waals surface area contributed by atoms with Gasteiger partial charge < -0.3 is 5.11 Å². The zero-order chi connectivity index (χ0) is 12.1. The van der Waals surface area contributed by atoms with Crippen molar-refractivity contribution in [2.45, 2.75) is 18.0 Å². The number of hydrogen-bond donors (Lipinski definition) is 2. The number of aromatic nitrogens is 3. The highest BCUT2D eigenvalue weighted by Gasteiger charge is 2.04. The summed E-state index contributed by atoms with van der Waals surface area (Å²) in [6.45, 7) is 0. The summed E-state index contributed by atoms with van der Waals surface area (Å²) < 4.78 is 1.34. The van der Waals surface area contributed by atoms with Crippen LogP contribution in [0.3, 0.4) is 0 Å². The number of nitrogens with one attached hydrogen (secondary N) is 1. The number of H-pyrrole nitrogens is 1. The van der Waals surface area contributed by atoms with Gasteiger partial charge in [-0.2, -0.15) is 4.98 Å². The molecular formula is C8H11N3O4S. The highest BCUT2D eigenvalue weighted by Crippen LogP contribution is 2.13. The van der Waals surface area contributed by atoms with Gasteiger partial charge in [-0.15, -0.1) is 0 Å². The lowest BCUT2D eigenvalue weighted by Crippen LogP contribution is -2.33. The molecule has 0 fully saturated rings. The second-order valence-corrected chi connectivity index (χ2v) is 4.11. The Kier molecular flexibility index (Phi) is 4.29. The fourth-order valence-corrected chi connectivity index (χ4v) is 1.83. The molecule has 2 N–H and O–H groups in total. The summed E-state index contributed by atoms with van der Waals surface area (Å²) >= 11 is 1.23. The number of carboxylic acids is 1. The van der Waals surface area contributed by atoms with Crippen LogP contribution in [0.1, 0.15) is 12.8 Å². The van der Waals surface area contributed by atoms with Crippen molar-refractivity contribution in [3.8, 4) is 0 Å². The molecule has 1 heterocycles. The Hall–Kier alpha value is -1.57. The number of hydrogen-bond acceptors (Lipinski definition) is 5. The molecule has 0 bridgehead atoms. The number of aryl methyl sites for hydroxylation is 1. The van der Waals surface area contributed by atoms with Crippen LogP contribution in [0.5, 0.6) is 0 Å². The first-order valence-electron chi connectivity index (χ1n) is 4.52. The van der Waals surface area contributed by atoms with Gasteiger partial charge in [0.15, 0.2) is 5.16 Å². The van der Waals surface area contributed by atoms with E-state index in [0.717, 1.165) is 0 Å². The zero-order valence-electron chi connectivity index (χ0n) is 8.60. The van der Waals surface area contributed by atoms with E-state index in [-0.39, 0.29) is 6.42 Å². The van der Waals surface area contributed by atoms with Crippen LogP contribution < -0.4 is 11.1 Å². The quantitative estimate of drug-likeness (QED) is 0.408. The van der Waals surface area contributed by atoms with Gasteiger partial charge in [-0.3, -0.25) is 24.2 Å². The lowest BCUT2D eigenvalue weighted by molar-refractivity contribution is -0.137. The molecule has 0 saturated carbocycles. The Labute approximate surface area is 94.5 Å². The molecule has 0 aromatic carbocycles. The lowest BCUT2D eigenvalue weighted by Gasteiger charge is -2.04. The van der Waals surface area contributed by atoms with E-state index in [9.17, 15) is 14.4 Å².